The molecule has 2 rings (SSSR count). The molecule has 1 aromatic rings. The summed E-state index contributed by atoms with van der Waals surface area (Å²) in [6, 6.07) is 8.12. The molecule has 1 aromatic carbocycles. The third-order valence-electron chi connectivity index (χ3n) is 4.47. The van der Waals surface area contributed by atoms with Gasteiger partial charge in [0.1, 0.15) is 5.75 Å². The molecule has 148 valence electrons. The second-order valence-corrected chi connectivity index (χ2v) is 6.39. The van der Waals surface area contributed by atoms with Gasteiger partial charge in [0.25, 0.3) is 0 Å². The van der Waals surface area contributed by atoms with Crippen LogP contribution in [0.4, 0.5) is 0 Å². The number of hydrogen-bond acceptors (Lipinski definition) is 4. The molecule has 6 nitrogen and oxygen atoms in total. The predicted octanol–water partition coefficient (Wildman–Crippen LogP) is 2.01. The fourth-order valence-corrected chi connectivity index (χ4v) is 3.00. The van der Waals surface area contributed by atoms with Crippen LogP contribution in [0.5, 0.6) is 5.75 Å². The van der Waals surface area contributed by atoms with Gasteiger partial charge in [-0.2, -0.15) is 0 Å². The Hall–Kier alpha value is -1.06. The summed E-state index contributed by atoms with van der Waals surface area (Å²) in [5, 5.41) is 6.79. The molecule has 0 bridgehead atoms. The van der Waals surface area contributed by atoms with Crippen LogP contribution in [0, 0.1) is 0 Å². The number of hydrogen-bond donors (Lipinski definition) is 2. The van der Waals surface area contributed by atoms with Gasteiger partial charge in [-0.1, -0.05) is 18.2 Å². The number of benzene rings is 1. The van der Waals surface area contributed by atoms with Gasteiger partial charge in [-0.15, -0.1) is 24.0 Å². The summed E-state index contributed by atoms with van der Waals surface area (Å²) in [5.74, 6) is 1.76. The van der Waals surface area contributed by atoms with Crippen molar-refractivity contribution in [3.63, 3.8) is 0 Å². The SMILES string of the molecule is CCOc1ccccc1CNC(=NC)NCCN1CCCN(C)CC1.I. The first-order valence-corrected chi connectivity index (χ1v) is 9.29. The maximum atomic E-state index is 5.67. The summed E-state index contributed by atoms with van der Waals surface area (Å²) < 4.78 is 5.67. The van der Waals surface area contributed by atoms with Gasteiger partial charge in [0.05, 0.1) is 6.61 Å². The van der Waals surface area contributed by atoms with Crippen molar-refractivity contribution in [2.45, 2.75) is 19.9 Å². The van der Waals surface area contributed by atoms with Crippen molar-refractivity contribution < 1.29 is 4.74 Å². The predicted molar refractivity (Wildman–Crippen MR) is 120 cm³/mol. The molecule has 0 saturated carbocycles. The summed E-state index contributed by atoms with van der Waals surface area (Å²) in [5.41, 5.74) is 1.14. The molecule has 0 spiro atoms. The largest absolute Gasteiger partial charge is 0.494 e. The summed E-state index contributed by atoms with van der Waals surface area (Å²) in [7, 11) is 4.01. The van der Waals surface area contributed by atoms with Gasteiger partial charge < -0.3 is 25.2 Å². The van der Waals surface area contributed by atoms with Crippen LogP contribution in [0.15, 0.2) is 29.3 Å². The third kappa shape index (κ3) is 8.09. The molecule has 0 aliphatic carbocycles. The van der Waals surface area contributed by atoms with Gasteiger partial charge in [-0.05, 0) is 39.5 Å². The molecule has 1 aliphatic heterocycles. The Morgan fingerprint density at radius 1 is 1.15 bits per heavy atom. The molecule has 1 saturated heterocycles. The normalized spacial score (nSPS) is 16.5. The fraction of sp³-hybridized carbons (Fsp3) is 0.632. The second-order valence-electron chi connectivity index (χ2n) is 6.39. The fourth-order valence-electron chi connectivity index (χ4n) is 3.00. The summed E-state index contributed by atoms with van der Waals surface area (Å²) >= 11 is 0. The molecule has 1 fully saturated rings. The minimum absolute atomic E-state index is 0. The van der Waals surface area contributed by atoms with Crippen molar-refractivity contribution >= 4 is 29.9 Å². The van der Waals surface area contributed by atoms with Gasteiger partial charge >= 0.3 is 0 Å². The van der Waals surface area contributed by atoms with Crippen LogP contribution in [0.25, 0.3) is 0 Å². The van der Waals surface area contributed by atoms with Gasteiger partial charge in [-0.3, -0.25) is 4.99 Å². The van der Waals surface area contributed by atoms with E-state index < -0.39 is 0 Å². The summed E-state index contributed by atoms with van der Waals surface area (Å²) in [6.07, 6.45) is 1.25. The first-order valence-electron chi connectivity index (χ1n) is 9.29. The zero-order chi connectivity index (χ0) is 17.9. The Labute approximate surface area is 175 Å². The quantitative estimate of drug-likeness (QED) is 0.359. The van der Waals surface area contributed by atoms with Crippen LogP contribution < -0.4 is 15.4 Å². The number of likely N-dealkylation sites (N-methyl/N-ethyl adjacent to an activating group) is 1. The number of halogens is 1. The Kier molecular flexibility index (Phi) is 11.6. The molecule has 1 aliphatic rings. The highest BCUT2D eigenvalue weighted by Crippen LogP contribution is 2.17. The number of nitrogens with zero attached hydrogens (tertiary/aromatic N) is 3. The lowest BCUT2D eigenvalue weighted by atomic mass is 10.2. The van der Waals surface area contributed by atoms with Crippen LogP contribution >= 0.6 is 24.0 Å². The third-order valence-corrected chi connectivity index (χ3v) is 4.47. The van der Waals surface area contributed by atoms with Gasteiger partial charge in [0.15, 0.2) is 5.96 Å². The van der Waals surface area contributed by atoms with E-state index in [0.29, 0.717) is 13.2 Å². The molecule has 26 heavy (non-hydrogen) atoms. The highest BCUT2D eigenvalue weighted by molar-refractivity contribution is 14.0. The van der Waals surface area contributed by atoms with Crippen molar-refractivity contribution in [1.29, 1.82) is 0 Å². The van der Waals surface area contributed by atoms with Crippen LogP contribution in [0.3, 0.4) is 0 Å². The molecular weight excluding hydrogens is 441 g/mol. The molecule has 7 heteroatoms. The molecule has 0 unspecified atom stereocenters. The minimum atomic E-state index is 0. The minimum Gasteiger partial charge on any atom is -0.494 e. The van der Waals surface area contributed by atoms with Crippen molar-refractivity contribution in [3.05, 3.63) is 29.8 Å². The smallest absolute Gasteiger partial charge is 0.191 e. The highest BCUT2D eigenvalue weighted by atomic mass is 127. The monoisotopic (exact) mass is 475 g/mol. The average Bonchev–Trinajstić information content (AvgIpc) is 2.83. The molecule has 0 atom stereocenters. The van der Waals surface area contributed by atoms with Gasteiger partial charge in [0.2, 0.25) is 0 Å². The van der Waals surface area contributed by atoms with Crippen LogP contribution in [0.2, 0.25) is 0 Å². The summed E-state index contributed by atoms with van der Waals surface area (Å²) in [6.45, 7) is 10.0. The number of guanidine groups is 1. The van der Waals surface area contributed by atoms with E-state index in [1.54, 1.807) is 0 Å². The molecular formula is C19H34IN5O. The van der Waals surface area contributed by atoms with Crippen molar-refractivity contribution in [1.82, 2.24) is 20.4 Å². The summed E-state index contributed by atoms with van der Waals surface area (Å²) in [4.78, 5) is 9.25. The Morgan fingerprint density at radius 3 is 2.73 bits per heavy atom. The molecule has 0 amide bonds. The Morgan fingerprint density at radius 2 is 1.96 bits per heavy atom. The standard InChI is InChI=1S/C19H33N5O.HI/c1-4-25-18-9-6-5-8-17(18)16-22-19(20-2)21-10-13-24-12-7-11-23(3)14-15-24;/h5-6,8-9H,4,7,10-16H2,1-3H3,(H2,20,21,22);1H. The Balaban J connectivity index is 0.00000338. The number of rotatable bonds is 7. The molecule has 0 aromatic heterocycles. The lowest BCUT2D eigenvalue weighted by molar-refractivity contribution is 0.280. The van der Waals surface area contributed by atoms with Crippen molar-refractivity contribution in [2.75, 3.05) is 60.0 Å². The second kappa shape index (κ2) is 13.2. The van der Waals surface area contributed by atoms with E-state index in [1.807, 2.05) is 32.2 Å². The number of ether oxygens (including phenoxy) is 1. The highest BCUT2D eigenvalue weighted by Gasteiger charge is 2.11. The maximum absolute atomic E-state index is 5.67. The topological polar surface area (TPSA) is 52.1 Å². The van der Waals surface area contributed by atoms with E-state index >= 15 is 0 Å². The van der Waals surface area contributed by atoms with Gasteiger partial charge in [0, 0.05) is 45.3 Å². The average molecular weight is 475 g/mol. The first-order chi connectivity index (χ1) is 12.2. The Bertz CT molecular complexity index is 540. The zero-order valence-corrected chi connectivity index (χ0v) is 18.7. The van der Waals surface area contributed by atoms with E-state index in [1.165, 1.54) is 19.5 Å². The first kappa shape index (κ1) is 23.0. The van der Waals surface area contributed by atoms with Crippen molar-refractivity contribution in [2.24, 2.45) is 4.99 Å². The van der Waals surface area contributed by atoms with E-state index in [4.69, 9.17) is 4.74 Å². The van der Waals surface area contributed by atoms with Crippen LogP contribution in [0.1, 0.15) is 18.9 Å². The lowest BCUT2D eigenvalue weighted by Gasteiger charge is -2.21. The van der Waals surface area contributed by atoms with Crippen molar-refractivity contribution in [3.8, 4) is 5.75 Å². The van der Waals surface area contributed by atoms with E-state index in [2.05, 4.69) is 38.5 Å². The van der Waals surface area contributed by atoms with E-state index in [9.17, 15) is 0 Å². The van der Waals surface area contributed by atoms with E-state index in [0.717, 1.165) is 43.5 Å². The number of aliphatic imine (C=N–C) groups is 1. The molecule has 1 heterocycles. The zero-order valence-electron chi connectivity index (χ0n) is 16.3. The molecule has 0 radical (unpaired) electrons. The number of para-hydroxylation sites is 1. The van der Waals surface area contributed by atoms with Crippen LogP contribution in [-0.2, 0) is 6.54 Å². The van der Waals surface area contributed by atoms with E-state index in [-0.39, 0.29) is 24.0 Å². The lowest BCUT2D eigenvalue weighted by Crippen LogP contribution is -2.42. The molecule has 2 N–H and O–H groups in total. The maximum Gasteiger partial charge on any atom is 0.191 e. The van der Waals surface area contributed by atoms with Gasteiger partial charge in [-0.25, -0.2) is 0 Å². The number of nitrogens with one attached hydrogen (secondary N) is 2. The van der Waals surface area contributed by atoms with Crippen LogP contribution in [-0.4, -0.2) is 75.7 Å².